The summed E-state index contributed by atoms with van der Waals surface area (Å²) in [4.78, 5) is 28.5. The van der Waals surface area contributed by atoms with Crippen molar-refractivity contribution in [3.8, 4) is 0 Å². The fourth-order valence-electron chi connectivity index (χ4n) is 2.83. The van der Waals surface area contributed by atoms with Crippen LogP contribution in [0.2, 0.25) is 0 Å². The van der Waals surface area contributed by atoms with Crippen molar-refractivity contribution in [3.05, 3.63) is 76.1 Å². The number of aromatic nitrogens is 1. The molecule has 6 nitrogen and oxygen atoms in total. The van der Waals surface area contributed by atoms with Gasteiger partial charge >= 0.3 is 5.97 Å². The maximum absolute atomic E-state index is 11.9. The minimum absolute atomic E-state index is 0.160. The third-order valence-corrected chi connectivity index (χ3v) is 4.58. The number of rotatable bonds is 4. The van der Waals surface area contributed by atoms with E-state index in [1.807, 2.05) is 42.3 Å². The highest BCUT2D eigenvalue weighted by Crippen LogP contribution is 2.19. The molecule has 0 atom stereocenters. The summed E-state index contributed by atoms with van der Waals surface area (Å²) >= 11 is 5.47. The summed E-state index contributed by atoms with van der Waals surface area (Å²) in [6, 6.07) is 16.2. The van der Waals surface area contributed by atoms with Crippen LogP contribution >= 0.6 is 12.2 Å². The van der Waals surface area contributed by atoms with Gasteiger partial charge in [0.1, 0.15) is 0 Å². The highest BCUT2D eigenvalue weighted by molar-refractivity contribution is 7.80. The zero-order valence-electron chi connectivity index (χ0n) is 15.0. The van der Waals surface area contributed by atoms with Gasteiger partial charge in [-0.25, -0.2) is 4.79 Å². The van der Waals surface area contributed by atoms with E-state index in [4.69, 9.17) is 17.0 Å². The number of pyridine rings is 1. The first kappa shape index (κ1) is 18.6. The number of aromatic amines is 1. The molecule has 0 saturated carbocycles. The number of nitrogens with one attached hydrogen (secondary N) is 2. The number of ether oxygens (including phenoxy) is 1. The number of anilines is 1. The first-order valence-corrected chi connectivity index (χ1v) is 8.71. The third kappa shape index (κ3) is 4.15. The number of benzene rings is 2. The molecule has 27 heavy (non-hydrogen) atoms. The number of esters is 1. The first-order valence-electron chi connectivity index (χ1n) is 8.30. The zero-order valence-corrected chi connectivity index (χ0v) is 15.8. The minimum atomic E-state index is -0.441. The fourth-order valence-corrected chi connectivity index (χ4v) is 3.00. The molecule has 0 aliphatic rings. The van der Waals surface area contributed by atoms with E-state index in [1.54, 1.807) is 24.3 Å². The summed E-state index contributed by atoms with van der Waals surface area (Å²) < 4.78 is 4.80. The Labute approximate surface area is 161 Å². The van der Waals surface area contributed by atoms with Gasteiger partial charge in [-0.05, 0) is 36.0 Å². The molecule has 0 aliphatic carbocycles. The Kier molecular flexibility index (Phi) is 5.52. The lowest BCUT2D eigenvalue weighted by atomic mass is 10.1. The van der Waals surface area contributed by atoms with Crippen LogP contribution in [0.4, 0.5) is 5.69 Å². The number of nitrogens with zero attached hydrogens (tertiary/aromatic N) is 1. The van der Waals surface area contributed by atoms with Crippen molar-refractivity contribution in [1.82, 2.24) is 9.88 Å². The largest absolute Gasteiger partial charge is 0.465 e. The normalized spacial score (nSPS) is 10.4. The molecule has 138 valence electrons. The van der Waals surface area contributed by atoms with E-state index in [0.717, 1.165) is 16.5 Å². The molecular formula is C20H19N3O3S. The fraction of sp³-hybridized carbons (Fsp3) is 0.150. The second-order valence-corrected chi connectivity index (χ2v) is 6.41. The molecule has 1 heterocycles. The third-order valence-electron chi connectivity index (χ3n) is 4.16. The molecule has 3 aromatic rings. The number of H-pyrrole nitrogens is 1. The van der Waals surface area contributed by atoms with Crippen LogP contribution in [0.5, 0.6) is 0 Å². The van der Waals surface area contributed by atoms with Crippen molar-refractivity contribution in [2.45, 2.75) is 6.54 Å². The Bertz CT molecular complexity index is 1060. The first-order chi connectivity index (χ1) is 13.0. The number of hydrogen-bond acceptors (Lipinski definition) is 4. The van der Waals surface area contributed by atoms with Gasteiger partial charge in [0.15, 0.2) is 5.11 Å². The van der Waals surface area contributed by atoms with E-state index in [-0.39, 0.29) is 5.56 Å². The van der Waals surface area contributed by atoms with Gasteiger partial charge < -0.3 is 19.9 Å². The Morgan fingerprint density at radius 2 is 1.89 bits per heavy atom. The van der Waals surface area contributed by atoms with E-state index in [9.17, 15) is 9.59 Å². The van der Waals surface area contributed by atoms with E-state index < -0.39 is 5.97 Å². The smallest absolute Gasteiger partial charge is 0.339 e. The van der Waals surface area contributed by atoms with Gasteiger partial charge in [0.05, 0.1) is 18.4 Å². The quantitative estimate of drug-likeness (QED) is 0.534. The van der Waals surface area contributed by atoms with Crippen molar-refractivity contribution in [1.29, 1.82) is 0 Å². The van der Waals surface area contributed by atoms with E-state index in [0.29, 0.717) is 22.9 Å². The molecule has 0 aliphatic heterocycles. The van der Waals surface area contributed by atoms with Crippen LogP contribution in [-0.2, 0) is 11.3 Å². The molecule has 0 fully saturated rings. The lowest BCUT2D eigenvalue weighted by Gasteiger charge is -2.22. The standard InChI is InChI=1S/C20H19N3O3S/c1-23(12-13-11-18(24)21-16-9-5-3-7-14(13)16)20(27)22-17-10-6-4-8-15(17)19(25)26-2/h3-11H,12H2,1-2H3,(H,21,24)(H,22,27). The molecule has 0 bridgehead atoms. The summed E-state index contributed by atoms with van der Waals surface area (Å²) in [5.74, 6) is -0.441. The number of fused-ring (bicyclic) bond motifs is 1. The molecule has 7 heteroatoms. The second-order valence-electron chi connectivity index (χ2n) is 6.03. The van der Waals surface area contributed by atoms with Crippen LogP contribution in [0.3, 0.4) is 0 Å². The Balaban J connectivity index is 1.82. The molecule has 1 aromatic heterocycles. The monoisotopic (exact) mass is 381 g/mol. The molecule has 2 N–H and O–H groups in total. The summed E-state index contributed by atoms with van der Waals surface area (Å²) in [6.07, 6.45) is 0. The number of thiocarbonyl (C=S) groups is 1. The van der Waals surface area contributed by atoms with Gasteiger partial charge in [0.2, 0.25) is 5.56 Å². The summed E-state index contributed by atoms with van der Waals surface area (Å²) in [6.45, 7) is 0.441. The number of carbonyl (C=O) groups is 1. The number of hydrogen-bond donors (Lipinski definition) is 2. The SMILES string of the molecule is COC(=O)c1ccccc1NC(=S)N(C)Cc1cc(=O)[nH]c2ccccc12. The van der Waals surface area contributed by atoms with Crippen molar-refractivity contribution < 1.29 is 9.53 Å². The van der Waals surface area contributed by atoms with E-state index in [1.165, 1.54) is 7.11 Å². The summed E-state index contributed by atoms with van der Waals surface area (Å²) in [5, 5.41) is 4.47. The lowest BCUT2D eigenvalue weighted by molar-refractivity contribution is 0.0602. The number of carbonyl (C=O) groups excluding carboxylic acids is 1. The molecule has 0 unspecified atom stereocenters. The van der Waals surface area contributed by atoms with E-state index in [2.05, 4.69) is 10.3 Å². The highest BCUT2D eigenvalue weighted by Gasteiger charge is 2.14. The number of methoxy groups -OCH3 is 1. The Hall–Kier alpha value is -3.19. The molecule has 0 saturated heterocycles. The van der Waals surface area contributed by atoms with Gasteiger partial charge in [-0.2, -0.15) is 0 Å². The lowest BCUT2D eigenvalue weighted by Crippen LogP contribution is -2.31. The van der Waals surface area contributed by atoms with Gasteiger partial charge in [-0.1, -0.05) is 30.3 Å². The predicted molar refractivity (Wildman–Crippen MR) is 110 cm³/mol. The van der Waals surface area contributed by atoms with Gasteiger partial charge in [-0.15, -0.1) is 0 Å². The van der Waals surface area contributed by atoms with Crippen LogP contribution in [-0.4, -0.2) is 35.1 Å². The number of para-hydroxylation sites is 2. The highest BCUT2D eigenvalue weighted by atomic mass is 32.1. The molecule has 0 radical (unpaired) electrons. The van der Waals surface area contributed by atoms with Crippen molar-refractivity contribution in [2.75, 3.05) is 19.5 Å². The van der Waals surface area contributed by atoms with Crippen molar-refractivity contribution in [3.63, 3.8) is 0 Å². The van der Waals surface area contributed by atoms with Crippen LogP contribution in [0, 0.1) is 0 Å². The molecule has 2 aromatic carbocycles. The van der Waals surface area contributed by atoms with Gasteiger partial charge in [0.25, 0.3) is 0 Å². The maximum Gasteiger partial charge on any atom is 0.339 e. The second kappa shape index (κ2) is 8.01. The van der Waals surface area contributed by atoms with Gasteiger partial charge in [-0.3, -0.25) is 4.79 Å². The van der Waals surface area contributed by atoms with Crippen LogP contribution in [0.1, 0.15) is 15.9 Å². The molecule has 0 spiro atoms. The minimum Gasteiger partial charge on any atom is -0.465 e. The van der Waals surface area contributed by atoms with Gasteiger partial charge in [0, 0.05) is 30.6 Å². The zero-order chi connectivity index (χ0) is 19.4. The summed E-state index contributed by atoms with van der Waals surface area (Å²) in [7, 11) is 3.16. The Morgan fingerprint density at radius 1 is 1.19 bits per heavy atom. The molecular weight excluding hydrogens is 362 g/mol. The van der Waals surface area contributed by atoms with Crippen LogP contribution < -0.4 is 10.9 Å². The topological polar surface area (TPSA) is 74.4 Å². The van der Waals surface area contributed by atoms with E-state index >= 15 is 0 Å². The Morgan fingerprint density at radius 3 is 2.67 bits per heavy atom. The predicted octanol–water partition coefficient (Wildman–Crippen LogP) is 3.14. The van der Waals surface area contributed by atoms with Crippen molar-refractivity contribution >= 4 is 39.9 Å². The summed E-state index contributed by atoms with van der Waals surface area (Å²) in [5.41, 5.74) is 2.45. The average Bonchev–Trinajstić information content (AvgIpc) is 2.67. The molecule has 3 rings (SSSR count). The average molecular weight is 381 g/mol. The van der Waals surface area contributed by atoms with Crippen LogP contribution in [0.25, 0.3) is 10.9 Å². The van der Waals surface area contributed by atoms with Crippen LogP contribution in [0.15, 0.2) is 59.4 Å². The maximum atomic E-state index is 11.9. The van der Waals surface area contributed by atoms with Crippen molar-refractivity contribution in [2.24, 2.45) is 0 Å². The molecule has 0 amide bonds.